The van der Waals surface area contributed by atoms with Crippen LogP contribution in [-0.4, -0.2) is 24.9 Å². The van der Waals surface area contributed by atoms with E-state index in [1.165, 1.54) is 16.7 Å². The highest BCUT2D eigenvalue weighted by Crippen LogP contribution is 2.21. The number of nitro groups is 1. The number of imidazole rings is 1. The molecule has 9 heteroatoms. The van der Waals surface area contributed by atoms with Crippen LogP contribution >= 0.6 is 0 Å². The standard InChI is InChI=1S/C24H23N5O4/c1-16(2)13-22(30)26-18-10-8-17(9-11-18)15-27-21-7-4-12-25-23(21)28(24(27)31)19-5-3-6-20(14-19)29(32)33/h3-12,14,16H,13,15H2,1-2H3,(H,26,30). The van der Waals surface area contributed by atoms with Crippen molar-refractivity contribution in [3.63, 3.8) is 0 Å². The zero-order valence-electron chi connectivity index (χ0n) is 18.3. The first-order chi connectivity index (χ1) is 15.8. The molecule has 1 N–H and O–H groups in total. The second-order valence-electron chi connectivity index (χ2n) is 8.17. The number of hydrogen-bond acceptors (Lipinski definition) is 5. The molecule has 168 valence electrons. The Kier molecular flexibility index (Phi) is 6.03. The van der Waals surface area contributed by atoms with Gasteiger partial charge in [0.1, 0.15) is 0 Å². The summed E-state index contributed by atoms with van der Waals surface area (Å²) >= 11 is 0. The third-order valence-electron chi connectivity index (χ3n) is 5.16. The lowest BCUT2D eigenvalue weighted by Gasteiger charge is -2.08. The number of hydrogen-bond donors (Lipinski definition) is 1. The van der Waals surface area contributed by atoms with Gasteiger partial charge in [0.15, 0.2) is 5.65 Å². The summed E-state index contributed by atoms with van der Waals surface area (Å²) in [5.41, 5.74) is 2.51. The third kappa shape index (κ3) is 4.67. The Morgan fingerprint density at radius 2 is 1.88 bits per heavy atom. The number of benzene rings is 2. The van der Waals surface area contributed by atoms with Crippen LogP contribution in [0, 0.1) is 16.0 Å². The lowest BCUT2D eigenvalue weighted by atomic mass is 10.1. The van der Waals surface area contributed by atoms with E-state index >= 15 is 0 Å². The summed E-state index contributed by atoms with van der Waals surface area (Å²) < 4.78 is 2.95. The molecular formula is C24H23N5O4. The predicted octanol–water partition coefficient (Wildman–Crippen LogP) is 4.13. The molecule has 0 fully saturated rings. The molecule has 0 spiro atoms. The third-order valence-corrected chi connectivity index (χ3v) is 5.16. The molecule has 0 aliphatic carbocycles. The number of aromatic nitrogens is 3. The highest BCUT2D eigenvalue weighted by molar-refractivity contribution is 5.90. The average molecular weight is 445 g/mol. The normalized spacial score (nSPS) is 11.1. The molecule has 1 amide bonds. The van der Waals surface area contributed by atoms with Crippen molar-refractivity contribution in [3.8, 4) is 5.69 Å². The van der Waals surface area contributed by atoms with Crippen molar-refractivity contribution in [3.05, 3.63) is 93.0 Å². The molecule has 9 nitrogen and oxygen atoms in total. The second kappa shape index (κ2) is 9.07. The van der Waals surface area contributed by atoms with Crippen molar-refractivity contribution >= 4 is 28.4 Å². The van der Waals surface area contributed by atoms with Gasteiger partial charge in [-0.1, -0.05) is 32.0 Å². The Labute approximate surface area is 189 Å². The fraction of sp³-hybridized carbons (Fsp3) is 0.208. The number of amides is 1. The predicted molar refractivity (Wildman–Crippen MR) is 126 cm³/mol. The van der Waals surface area contributed by atoms with Crippen LogP contribution in [0.5, 0.6) is 0 Å². The number of fused-ring (bicyclic) bond motifs is 1. The zero-order valence-corrected chi connectivity index (χ0v) is 18.3. The lowest BCUT2D eigenvalue weighted by Crippen LogP contribution is -2.24. The van der Waals surface area contributed by atoms with E-state index in [-0.39, 0.29) is 29.7 Å². The van der Waals surface area contributed by atoms with Gasteiger partial charge in [0, 0.05) is 30.4 Å². The summed E-state index contributed by atoms with van der Waals surface area (Å²) in [5.74, 6) is 0.230. The summed E-state index contributed by atoms with van der Waals surface area (Å²) in [5, 5.41) is 14.1. The second-order valence-corrected chi connectivity index (χ2v) is 8.17. The van der Waals surface area contributed by atoms with Gasteiger partial charge in [-0.25, -0.2) is 14.3 Å². The molecule has 0 unspecified atom stereocenters. The quantitative estimate of drug-likeness (QED) is 0.340. The first-order valence-corrected chi connectivity index (χ1v) is 10.5. The molecule has 0 radical (unpaired) electrons. The molecular weight excluding hydrogens is 422 g/mol. The average Bonchev–Trinajstić information content (AvgIpc) is 3.06. The topological polar surface area (TPSA) is 112 Å². The van der Waals surface area contributed by atoms with E-state index in [1.54, 1.807) is 47.2 Å². The SMILES string of the molecule is CC(C)CC(=O)Nc1ccc(Cn2c(=O)n(-c3cccc([N+](=O)[O-])c3)c3ncccc32)cc1. The van der Waals surface area contributed by atoms with Gasteiger partial charge in [-0.2, -0.15) is 0 Å². The van der Waals surface area contributed by atoms with Gasteiger partial charge in [-0.3, -0.25) is 19.5 Å². The summed E-state index contributed by atoms with van der Waals surface area (Å²) in [7, 11) is 0. The summed E-state index contributed by atoms with van der Waals surface area (Å²) in [6.45, 7) is 4.25. The molecule has 4 aromatic rings. The number of nitrogens with one attached hydrogen (secondary N) is 1. The molecule has 0 saturated heterocycles. The first kappa shape index (κ1) is 21.9. The molecule has 2 aromatic carbocycles. The monoisotopic (exact) mass is 445 g/mol. The number of rotatable bonds is 7. The Balaban J connectivity index is 1.68. The van der Waals surface area contributed by atoms with E-state index in [0.29, 0.717) is 29.0 Å². The van der Waals surface area contributed by atoms with E-state index in [2.05, 4.69) is 10.3 Å². The molecule has 0 atom stereocenters. The fourth-order valence-electron chi connectivity index (χ4n) is 3.68. The van der Waals surface area contributed by atoms with Crippen LogP contribution < -0.4 is 11.0 Å². The number of pyridine rings is 1. The van der Waals surface area contributed by atoms with E-state index in [1.807, 2.05) is 26.0 Å². The molecule has 2 aromatic heterocycles. The Morgan fingerprint density at radius 3 is 2.58 bits per heavy atom. The van der Waals surface area contributed by atoms with Crippen molar-refractivity contribution in [2.75, 3.05) is 5.32 Å². The number of anilines is 1. The number of carbonyl (C=O) groups is 1. The maximum Gasteiger partial charge on any atom is 0.335 e. The van der Waals surface area contributed by atoms with Crippen molar-refractivity contribution in [2.45, 2.75) is 26.8 Å². The van der Waals surface area contributed by atoms with E-state index in [9.17, 15) is 19.7 Å². The summed E-state index contributed by atoms with van der Waals surface area (Å²) in [6.07, 6.45) is 2.02. The minimum absolute atomic E-state index is 0.0416. The van der Waals surface area contributed by atoms with E-state index < -0.39 is 4.92 Å². The highest BCUT2D eigenvalue weighted by Gasteiger charge is 2.17. The molecule has 4 rings (SSSR count). The maximum absolute atomic E-state index is 13.3. The molecule has 2 heterocycles. The minimum atomic E-state index is -0.497. The first-order valence-electron chi connectivity index (χ1n) is 10.5. The van der Waals surface area contributed by atoms with Crippen molar-refractivity contribution in [1.29, 1.82) is 0 Å². The number of nitrogens with zero attached hydrogens (tertiary/aromatic N) is 4. The molecule has 0 aliphatic rings. The molecule has 0 aliphatic heterocycles. The van der Waals surface area contributed by atoms with Crippen LogP contribution in [0.3, 0.4) is 0 Å². The van der Waals surface area contributed by atoms with E-state index in [4.69, 9.17) is 0 Å². The Morgan fingerprint density at radius 1 is 1.12 bits per heavy atom. The van der Waals surface area contributed by atoms with Crippen LogP contribution in [0.15, 0.2) is 71.7 Å². The highest BCUT2D eigenvalue weighted by atomic mass is 16.6. The zero-order chi connectivity index (χ0) is 23.5. The van der Waals surface area contributed by atoms with Gasteiger partial charge in [-0.15, -0.1) is 0 Å². The largest absolute Gasteiger partial charge is 0.335 e. The van der Waals surface area contributed by atoms with Crippen LogP contribution in [0.25, 0.3) is 16.9 Å². The van der Waals surface area contributed by atoms with Crippen molar-refractivity contribution < 1.29 is 9.72 Å². The van der Waals surface area contributed by atoms with Gasteiger partial charge >= 0.3 is 5.69 Å². The summed E-state index contributed by atoms with van der Waals surface area (Å²) in [6, 6.07) is 16.8. The van der Waals surface area contributed by atoms with Crippen LogP contribution in [0.4, 0.5) is 11.4 Å². The van der Waals surface area contributed by atoms with Crippen LogP contribution in [-0.2, 0) is 11.3 Å². The minimum Gasteiger partial charge on any atom is -0.326 e. The number of nitro benzene ring substituents is 1. The molecule has 0 bridgehead atoms. The Hall–Kier alpha value is -4.27. The smallest absolute Gasteiger partial charge is 0.326 e. The summed E-state index contributed by atoms with van der Waals surface area (Å²) in [4.78, 5) is 40.4. The van der Waals surface area contributed by atoms with Gasteiger partial charge in [-0.05, 0) is 41.8 Å². The van der Waals surface area contributed by atoms with Gasteiger partial charge in [0.2, 0.25) is 5.91 Å². The molecule has 0 saturated carbocycles. The fourth-order valence-corrected chi connectivity index (χ4v) is 3.68. The molecule has 33 heavy (non-hydrogen) atoms. The van der Waals surface area contributed by atoms with Gasteiger partial charge in [0.25, 0.3) is 5.69 Å². The maximum atomic E-state index is 13.3. The van der Waals surface area contributed by atoms with Gasteiger partial charge in [0.05, 0.1) is 22.7 Å². The van der Waals surface area contributed by atoms with Crippen molar-refractivity contribution in [1.82, 2.24) is 14.1 Å². The lowest BCUT2D eigenvalue weighted by molar-refractivity contribution is -0.384. The van der Waals surface area contributed by atoms with Crippen LogP contribution in [0.1, 0.15) is 25.8 Å². The number of carbonyl (C=O) groups excluding carboxylic acids is 1. The van der Waals surface area contributed by atoms with Crippen molar-refractivity contribution in [2.24, 2.45) is 5.92 Å². The van der Waals surface area contributed by atoms with E-state index in [0.717, 1.165) is 5.56 Å². The van der Waals surface area contributed by atoms with Gasteiger partial charge < -0.3 is 5.32 Å². The Bertz CT molecular complexity index is 1390. The number of non-ortho nitro benzene ring substituents is 1. The van der Waals surface area contributed by atoms with Crippen LogP contribution in [0.2, 0.25) is 0 Å².